The van der Waals surface area contributed by atoms with Crippen molar-refractivity contribution in [1.29, 1.82) is 0 Å². The largest absolute Gasteiger partial charge is 0.349 e. The summed E-state index contributed by atoms with van der Waals surface area (Å²) in [5.41, 5.74) is 2.22. The van der Waals surface area contributed by atoms with Crippen molar-refractivity contribution in [3.05, 3.63) is 29.3 Å². The van der Waals surface area contributed by atoms with Crippen LogP contribution >= 0.6 is 0 Å². The minimum atomic E-state index is -0.201. The second-order valence-electron chi connectivity index (χ2n) is 6.95. The summed E-state index contributed by atoms with van der Waals surface area (Å²) in [6, 6.07) is 5.55. The van der Waals surface area contributed by atoms with Gasteiger partial charge in [-0.05, 0) is 56.8 Å². The topological polar surface area (TPSA) is 61.4 Å². The Balaban J connectivity index is 1.71. The van der Waals surface area contributed by atoms with Crippen molar-refractivity contribution in [2.75, 3.05) is 18.4 Å². The molecule has 132 valence electrons. The van der Waals surface area contributed by atoms with Gasteiger partial charge in [-0.15, -0.1) is 6.42 Å². The van der Waals surface area contributed by atoms with E-state index in [1.165, 1.54) is 0 Å². The van der Waals surface area contributed by atoms with Gasteiger partial charge in [0.2, 0.25) is 5.91 Å². The summed E-state index contributed by atoms with van der Waals surface area (Å²) in [5, 5.41) is 5.98. The molecule has 2 fully saturated rings. The molecule has 0 aromatic heterocycles. The lowest BCUT2D eigenvalue weighted by molar-refractivity contribution is -0.122. The maximum atomic E-state index is 12.8. The Labute approximate surface area is 149 Å². The molecular weight excluding hydrogens is 314 g/mol. The molecule has 0 bridgehead atoms. The molecule has 1 atom stereocenters. The highest BCUT2D eigenvalue weighted by molar-refractivity contribution is 5.99. The van der Waals surface area contributed by atoms with Gasteiger partial charge in [-0.1, -0.05) is 18.4 Å². The van der Waals surface area contributed by atoms with Gasteiger partial charge in [0.25, 0.3) is 5.91 Å². The SMILES string of the molecule is C#CCN1CCCC[C@@H]1C(=O)Nc1cc(C(=O)NC2CC2)ccc1C. The Hall–Kier alpha value is -2.32. The zero-order chi connectivity index (χ0) is 17.8. The Bertz CT molecular complexity index is 703. The number of nitrogens with zero attached hydrogens (tertiary/aromatic N) is 1. The van der Waals surface area contributed by atoms with Crippen LogP contribution in [0.25, 0.3) is 0 Å². The molecule has 1 saturated heterocycles. The van der Waals surface area contributed by atoms with Crippen LogP contribution in [0.4, 0.5) is 5.69 Å². The van der Waals surface area contributed by atoms with Crippen LogP contribution in [0.1, 0.15) is 48.0 Å². The van der Waals surface area contributed by atoms with Crippen LogP contribution in [0.2, 0.25) is 0 Å². The first-order valence-corrected chi connectivity index (χ1v) is 8.98. The van der Waals surface area contributed by atoms with Crippen LogP contribution < -0.4 is 10.6 Å². The van der Waals surface area contributed by atoms with Crippen molar-refractivity contribution in [2.45, 2.75) is 51.1 Å². The maximum absolute atomic E-state index is 12.8. The number of carbonyl (C=O) groups is 2. The quantitative estimate of drug-likeness (QED) is 0.809. The van der Waals surface area contributed by atoms with Crippen LogP contribution in [0.3, 0.4) is 0 Å². The molecule has 1 aliphatic carbocycles. The molecule has 2 amide bonds. The van der Waals surface area contributed by atoms with Crippen LogP contribution in [-0.4, -0.2) is 41.9 Å². The van der Waals surface area contributed by atoms with Crippen molar-refractivity contribution in [3.8, 4) is 12.3 Å². The van der Waals surface area contributed by atoms with Gasteiger partial charge >= 0.3 is 0 Å². The average molecular weight is 339 g/mol. The smallest absolute Gasteiger partial charge is 0.251 e. The van der Waals surface area contributed by atoms with Crippen molar-refractivity contribution in [3.63, 3.8) is 0 Å². The minimum Gasteiger partial charge on any atom is -0.349 e. The van der Waals surface area contributed by atoms with E-state index in [1.54, 1.807) is 12.1 Å². The van der Waals surface area contributed by atoms with E-state index in [1.807, 2.05) is 13.0 Å². The lowest BCUT2D eigenvalue weighted by atomic mass is 10.0. The average Bonchev–Trinajstić information content (AvgIpc) is 3.41. The van der Waals surface area contributed by atoms with Gasteiger partial charge in [-0.3, -0.25) is 14.5 Å². The Kier molecular flexibility index (Phi) is 5.40. The first-order chi connectivity index (χ1) is 12.1. The molecule has 5 nitrogen and oxygen atoms in total. The molecule has 1 heterocycles. The molecule has 3 rings (SSSR count). The molecule has 1 aromatic rings. The number of nitrogens with one attached hydrogen (secondary N) is 2. The van der Waals surface area contributed by atoms with Crippen LogP contribution in [-0.2, 0) is 4.79 Å². The molecule has 25 heavy (non-hydrogen) atoms. The highest BCUT2D eigenvalue weighted by Gasteiger charge is 2.28. The van der Waals surface area contributed by atoms with Crippen molar-refractivity contribution >= 4 is 17.5 Å². The molecule has 1 aromatic carbocycles. The van der Waals surface area contributed by atoms with Gasteiger partial charge in [0.05, 0.1) is 12.6 Å². The van der Waals surface area contributed by atoms with E-state index in [-0.39, 0.29) is 17.9 Å². The number of hydrogen-bond donors (Lipinski definition) is 2. The molecule has 0 spiro atoms. The fourth-order valence-electron chi connectivity index (χ4n) is 3.20. The monoisotopic (exact) mass is 339 g/mol. The molecule has 0 radical (unpaired) electrons. The third-order valence-corrected chi connectivity index (χ3v) is 4.88. The van der Waals surface area contributed by atoms with Crippen molar-refractivity contribution < 1.29 is 9.59 Å². The Morgan fingerprint density at radius 3 is 2.80 bits per heavy atom. The predicted octanol–water partition coefficient (Wildman–Crippen LogP) is 2.31. The molecule has 1 saturated carbocycles. The zero-order valence-corrected chi connectivity index (χ0v) is 14.7. The summed E-state index contributed by atoms with van der Waals surface area (Å²) in [6.07, 6.45) is 10.4. The zero-order valence-electron chi connectivity index (χ0n) is 14.7. The summed E-state index contributed by atoms with van der Waals surface area (Å²) < 4.78 is 0. The van der Waals surface area contributed by atoms with E-state index < -0.39 is 0 Å². The minimum absolute atomic E-state index is 0.0437. The van der Waals surface area contributed by atoms with E-state index in [4.69, 9.17) is 6.42 Å². The number of amides is 2. The fraction of sp³-hybridized carbons (Fsp3) is 0.500. The predicted molar refractivity (Wildman–Crippen MR) is 98.3 cm³/mol. The highest BCUT2D eigenvalue weighted by Crippen LogP contribution is 2.23. The fourth-order valence-corrected chi connectivity index (χ4v) is 3.20. The summed E-state index contributed by atoms with van der Waals surface area (Å²) in [7, 11) is 0. The summed E-state index contributed by atoms with van der Waals surface area (Å²) >= 11 is 0. The number of rotatable bonds is 5. The summed E-state index contributed by atoms with van der Waals surface area (Å²) in [5.74, 6) is 2.52. The van der Waals surface area contributed by atoms with Gasteiger partial charge in [-0.25, -0.2) is 0 Å². The number of carbonyl (C=O) groups excluding carboxylic acids is 2. The van der Waals surface area contributed by atoms with Crippen LogP contribution in [0.15, 0.2) is 18.2 Å². The lowest BCUT2D eigenvalue weighted by Gasteiger charge is -2.33. The number of terminal acetylenes is 1. The van der Waals surface area contributed by atoms with E-state index >= 15 is 0 Å². The first kappa shape index (κ1) is 17.5. The molecule has 0 unspecified atom stereocenters. The number of aryl methyl sites for hydroxylation is 1. The van der Waals surface area contributed by atoms with Crippen LogP contribution in [0.5, 0.6) is 0 Å². The third kappa shape index (κ3) is 4.40. The standard InChI is InChI=1S/C20H25N3O2/c1-3-11-23-12-5-4-6-18(23)20(25)22-17-13-15(8-7-14(17)2)19(24)21-16-9-10-16/h1,7-8,13,16,18H,4-6,9-12H2,2H3,(H,21,24)(H,22,25)/t18-/m1/s1. The van der Waals surface area contributed by atoms with Crippen LogP contribution in [0, 0.1) is 19.3 Å². The second-order valence-corrected chi connectivity index (χ2v) is 6.95. The molecule has 2 N–H and O–H groups in total. The molecular formula is C20H25N3O2. The number of likely N-dealkylation sites (tertiary alicyclic amines) is 1. The van der Waals surface area contributed by atoms with Crippen molar-refractivity contribution in [2.24, 2.45) is 0 Å². The molecule has 5 heteroatoms. The Morgan fingerprint density at radius 2 is 2.08 bits per heavy atom. The number of hydrogen-bond acceptors (Lipinski definition) is 3. The van der Waals surface area contributed by atoms with Gasteiger partial charge in [0.1, 0.15) is 0 Å². The molecule has 2 aliphatic rings. The van der Waals surface area contributed by atoms with E-state index in [2.05, 4.69) is 21.5 Å². The molecule has 1 aliphatic heterocycles. The highest BCUT2D eigenvalue weighted by atomic mass is 16.2. The van der Waals surface area contributed by atoms with Crippen molar-refractivity contribution in [1.82, 2.24) is 10.2 Å². The second kappa shape index (κ2) is 7.71. The van der Waals surface area contributed by atoms with Gasteiger partial charge < -0.3 is 10.6 Å². The van der Waals surface area contributed by atoms with E-state index in [0.717, 1.165) is 44.2 Å². The van der Waals surface area contributed by atoms with Gasteiger partial charge in [-0.2, -0.15) is 0 Å². The maximum Gasteiger partial charge on any atom is 0.251 e. The van der Waals surface area contributed by atoms with Gasteiger partial charge in [0, 0.05) is 17.3 Å². The number of benzene rings is 1. The van der Waals surface area contributed by atoms with E-state index in [0.29, 0.717) is 23.8 Å². The number of anilines is 1. The Morgan fingerprint density at radius 1 is 1.28 bits per heavy atom. The normalized spacial score (nSPS) is 20.6. The summed E-state index contributed by atoms with van der Waals surface area (Å²) in [6.45, 7) is 3.27. The third-order valence-electron chi connectivity index (χ3n) is 4.88. The lowest BCUT2D eigenvalue weighted by Crippen LogP contribution is -2.47. The first-order valence-electron chi connectivity index (χ1n) is 8.98. The van der Waals surface area contributed by atoms with Gasteiger partial charge in [0.15, 0.2) is 0 Å². The number of piperidine rings is 1. The summed E-state index contributed by atoms with van der Waals surface area (Å²) in [4.78, 5) is 27.0. The van der Waals surface area contributed by atoms with E-state index in [9.17, 15) is 9.59 Å².